The Morgan fingerprint density at radius 2 is 0.732 bits per heavy atom. The Bertz CT molecular complexity index is 853. The van der Waals surface area contributed by atoms with E-state index in [2.05, 4.69) is 93.3 Å². The second-order valence-corrected chi connectivity index (χ2v) is 17.4. The minimum Gasteiger partial charge on any atom is -0.340 e. The quantitative estimate of drug-likeness (QED) is 0.0454. The topological polar surface area (TPSA) is 23.6 Å². The van der Waals surface area contributed by atoms with Crippen molar-refractivity contribution in [2.75, 3.05) is 27.2 Å². The average molecular weight is 781 g/mol. The summed E-state index contributed by atoms with van der Waals surface area (Å²) >= 11 is 0. The zero-order valence-corrected chi connectivity index (χ0v) is 38.9. The molecule has 0 atom stereocenters. The van der Waals surface area contributed by atoms with Gasteiger partial charge in [0.25, 0.3) is 0 Å². The van der Waals surface area contributed by atoms with Crippen molar-refractivity contribution >= 4 is 5.91 Å². The minimum atomic E-state index is 0.426. The molecule has 0 unspecified atom stereocenters. The molecule has 0 fully saturated rings. The molecule has 0 radical (unpaired) electrons. The molecule has 56 heavy (non-hydrogen) atoms. The van der Waals surface area contributed by atoms with Gasteiger partial charge in [-0.1, -0.05) is 204 Å². The number of amides is 1. The summed E-state index contributed by atoms with van der Waals surface area (Å²) < 4.78 is 0. The number of unbranched alkanes of at least 4 members (excludes halogenated alkanes) is 25. The van der Waals surface area contributed by atoms with E-state index in [0.29, 0.717) is 11.9 Å². The fraction of sp³-hybridized carbons (Fsp3) is 0.830. The highest BCUT2D eigenvalue weighted by molar-refractivity contribution is 5.76. The van der Waals surface area contributed by atoms with Crippen molar-refractivity contribution in [1.82, 2.24) is 9.80 Å². The van der Waals surface area contributed by atoms with Gasteiger partial charge in [0.1, 0.15) is 0 Å². The third-order valence-electron chi connectivity index (χ3n) is 11.5. The lowest BCUT2D eigenvalue weighted by molar-refractivity contribution is -0.134. The number of hydrogen-bond acceptors (Lipinski definition) is 2. The van der Waals surface area contributed by atoms with Crippen LogP contribution in [0.5, 0.6) is 0 Å². The van der Waals surface area contributed by atoms with Crippen LogP contribution in [0.4, 0.5) is 0 Å². The second kappa shape index (κ2) is 46.1. The Balaban J connectivity index is 4.78. The van der Waals surface area contributed by atoms with Gasteiger partial charge in [-0.3, -0.25) is 4.79 Å². The summed E-state index contributed by atoms with van der Waals surface area (Å²) in [5, 5.41) is 0. The molecule has 3 nitrogen and oxygen atoms in total. The van der Waals surface area contributed by atoms with Gasteiger partial charge in [0.2, 0.25) is 5.91 Å². The van der Waals surface area contributed by atoms with Crippen LogP contribution in [0.1, 0.15) is 252 Å². The van der Waals surface area contributed by atoms with Gasteiger partial charge < -0.3 is 9.80 Å². The summed E-state index contributed by atoms with van der Waals surface area (Å²) in [6, 6.07) is 0.426. The van der Waals surface area contributed by atoms with Crippen LogP contribution in [-0.4, -0.2) is 48.9 Å². The van der Waals surface area contributed by atoms with Crippen molar-refractivity contribution in [3.63, 3.8) is 0 Å². The number of hydrogen-bond donors (Lipinski definition) is 0. The Morgan fingerprint density at radius 1 is 0.393 bits per heavy atom. The van der Waals surface area contributed by atoms with E-state index in [4.69, 9.17) is 0 Å². The molecule has 0 aliphatic rings. The fourth-order valence-electron chi connectivity index (χ4n) is 7.81. The van der Waals surface area contributed by atoms with E-state index in [1.165, 1.54) is 199 Å². The van der Waals surface area contributed by atoms with Gasteiger partial charge in [-0.25, -0.2) is 0 Å². The van der Waals surface area contributed by atoms with E-state index in [0.717, 1.165) is 45.2 Å². The van der Waals surface area contributed by atoms with Crippen molar-refractivity contribution in [2.24, 2.45) is 0 Å². The minimum absolute atomic E-state index is 0.426. The lowest BCUT2D eigenvalue weighted by Gasteiger charge is -2.33. The monoisotopic (exact) mass is 781 g/mol. The van der Waals surface area contributed by atoms with E-state index < -0.39 is 0 Å². The number of allylic oxidation sites excluding steroid dienone is 8. The fourth-order valence-corrected chi connectivity index (χ4v) is 7.81. The first kappa shape index (κ1) is 54.4. The predicted octanol–water partition coefficient (Wildman–Crippen LogP) is 17.1. The van der Waals surface area contributed by atoms with Gasteiger partial charge in [0.05, 0.1) is 0 Å². The van der Waals surface area contributed by atoms with E-state index in [9.17, 15) is 4.79 Å². The molecule has 0 saturated carbocycles. The van der Waals surface area contributed by atoms with Crippen molar-refractivity contribution in [3.8, 4) is 0 Å². The molecular weight excluding hydrogens is 681 g/mol. The molecule has 0 aliphatic heterocycles. The van der Waals surface area contributed by atoms with Gasteiger partial charge in [-0.15, -0.1) is 0 Å². The molecule has 0 bridgehead atoms. The Kier molecular flexibility index (Phi) is 44.8. The number of nitrogens with zero attached hydrogens (tertiary/aromatic N) is 2. The first-order chi connectivity index (χ1) is 27.6. The van der Waals surface area contributed by atoms with Crippen LogP contribution < -0.4 is 0 Å². The van der Waals surface area contributed by atoms with Crippen molar-refractivity contribution in [1.29, 1.82) is 0 Å². The molecule has 0 saturated heterocycles. The molecule has 0 aromatic carbocycles. The van der Waals surface area contributed by atoms with Gasteiger partial charge in [-0.05, 0) is 111 Å². The van der Waals surface area contributed by atoms with Crippen LogP contribution >= 0.6 is 0 Å². The van der Waals surface area contributed by atoms with E-state index in [1.807, 2.05) is 0 Å². The van der Waals surface area contributed by atoms with Crippen molar-refractivity contribution in [2.45, 2.75) is 258 Å². The van der Waals surface area contributed by atoms with Crippen LogP contribution in [0.15, 0.2) is 48.6 Å². The molecular formula is C53H100N2O. The maximum Gasteiger partial charge on any atom is 0.222 e. The summed E-state index contributed by atoms with van der Waals surface area (Å²) in [4.78, 5) is 18.5. The highest BCUT2D eigenvalue weighted by Crippen LogP contribution is 2.22. The molecule has 0 aliphatic carbocycles. The summed E-state index contributed by atoms with van der Waals surface area (Å²) in [5.74, 6) is 0.444. The molecule has 0 N–H and O–H groups in total. The Morgan fingerprint density at radius 3 is 1.14 bits per heavy atom. The second-order valence-electron chi connectivity index (χ2n) is 17.4. The largest absolute Gasteiger partial charge is 0.340 e. The van der Waals surface area contributed by atoms with Gasteiger partial charge in [-0.2, -0.15) is 0 Å². The van der Waals surface area contributed by atoms with E-state index >= 15 is 0 Å². The van der Waals surface area contributed by atoms with Crippen molar-refractivity contribution < 1.29 is 4.79 Å². The summed E-state index contributed by atoms with van der Waals surface area (Å²) in [7, 11) is 4.33. The van der Waals surface area contributed by atoms with Crippen LogP contribution in [0.2, 0.25) is 0 Å². The maximum atomic E-state index is 13.9. The third-order valence-corrected chi connectivity index (χ3v) is 11.5. The summed E-state index contributed by atoms with van der Waals surface area (Å²) in [6.45, 7) is 8.83. The summed E-state index contributed by atoms with van der Waals surface area (Å²) in [6.07, 6.45) is 64.4. The molecule has 0 aromatic heterocycles. The maximum absolute atomic E-state index is 13.9. The standard InChI is InChI=1S/C53H100N2O/c1-6-9-12-15-18-21-23-25-27-29-31-33-35-37-40-43-47-52(48-44-41-38-36-34-32-30-28-26-24-22-19-16-13-10-7-2)55(51-46-50-54(4)5)53(56)49-45-42-39-20-17-14-11-8-3/h18-19,21-22,25-28,52H,6-17,20,23-24,29-51H2,1-5H3/b21-18-,22-19-,27-25-,28-26-. The lowest BCUT2D eigenvalue weighted by Crippen LogP contribution is -2.41. The molecule has 3 heteroatoms. The molecule has 0 aromatic rings. The Labute approximate surface area is 353 Å². The molecule has 0 heterocycles. The van der Waals surface area contributed by atoms with Crippen molar-refractivity contribution in [3.05, 3.63) is 48.6 Å². The number of carbonyl (C=O) groups excluding carboxylic acids is 1. The zero-order valence-electron chi connectivity index (χ0n) is 38.9. The van der Waals surface area contributed by atoms with Crippen LogP contribution in [0.3, 0.4) is 0 Å². The van der Waals surface area contributed by atoms with Crippen LogP contribution in [-0.2, 0) is 4.79 Å². The van der Waals surface area contributed by atoms with Gasteiger partial charge in [0, 0.05) is 19.0 Å². The SMILES string of the molecule is CCCCC/C=C\C/C=C\CCCCCCCCC(CCCCCCCC/C=C\C/C=C\CCCCC)N(CCCN(C)C)C(=O)CCCCCCCCCC. The smallest absolute Gasteiger partial charge is 0.222 e. The van der Waals surface area contributed by atoms with Crippen LogP contribution in [0, 0.1) is 0 Å². The molecule has 0 rings (SSSR count). The van der Waals surface area contributed by atoms with E-state index in [1.54, 1.807) is 0 Å². The zero-order chi connectivity index (χ0) is 40.8. The highest BCUT2D eigenvalue weighted by atomic mass is 16.2. The lowest BCUT2D eigenvalue weighted by atomic mass is 9.97. The van der Waals surface area contributed by atoms with Gasteiger partial charge in [0.15, 0.2) is 0 Å². The normalized spacial score (nSPS) is 12.3. The van der Waals surface area contributed by atoms with Gasteiger partial charge >= 0.3 is 0 Å². The molecule has 1 amide bonds. The third kappa shape index (κ3) is 40.6. The first-order valence-corrected chi connectivity index (χ1v) is 25.1. The number of rotatable bonds is 44. The molecule has 328 valence electrons. The number of carbonyl (C=O) groups is 1. The van der Waals surface area contributed by atoms with E-state index in [-0.39, 0.29) is 0 Å². The Hall–Kier alpha value is -1.61. The first-order valence-electron chi connectivity index (χ1n) is 25.1. The van der Waals surface area contributed by atoms with Crippen LogP contribution in [0.25, 0.3) is 0 Å². The highest BCUT2D eigenvalue weighted by Gasteiger charge is 2.22. The summed E-state index contributed by atoms with van der Waals surface area (Å²) in [5.41, 5.74) is 0. The predicted molar refractivity (Wildman–Crippen MR) is 254 cm³/mol. The average Bonchev–Trinajstić information content (AvgIpc) is 3.19. The molecule has 0 spiro atoms.